The summed E-state index contributed by atoms with van der Waals surface area (Å²) in [6.07, 6.45) is 5.88. The molecule has 0 atom stereocenters. The van der Waals surface area contributed by atoms with E-state index in [0.717, 1.165) is 69.8 Å². The van der Waals surface area contributed by atoms with E-state index in [-0.39, 0.29) is 5.41 Å². The zero-order chi connectivity index (χ0) is 36.5. The molecule has 0 amide bonds. The maximum absolute atomic E-state index is 4.74. The van der Waals surface area contributed by atoms with Crippen molar-refractivity contribution in [3.63, 3.8) is 0 Å². The summed E-state index contributed by atoms with van der Waals surface area (Å²) in [6.45, 7) is 4.23. The summed E-state index contributed by atoms with van der Waals surface area (Å²) in [6, 6.07) is 56.1. The number of aromatic nitrogens is 6. The molecule has 264 valence electrons. The molecule has 9 rings (SSSR count). The van der Waals surface area contributed by atoms with Crippen LogP contribution < -0.4 is 0 Å². The zero-order valence-electron chi connectivity index (χ0n) is 30.7. The summed E-state index contributed by atoms with van der Waals surface area (Å²) in [4.78, 5) is 0. The van der Waals surface area contributed by atoms with Gasteiger partial charge in [-0.05, 0) is 74.2 Å². The van der Waals surface area contributed by atoms with E-state index in [9.17, 15) is 0 Å². The lowest BCUT2D eigenvalue weighted by Crippen LogP contribution is -2.30. The predicted molar refractivity (Wildman–Crippen MR) is 218 cm³/mol. The lowest BCUT2D eigenvalue weighted by molar-refractivity contribution is 0.346. The molecule has 6 nitrogen and oxygen atoms in total. The first-order valence-electron chi connectivity index (χ1n) is 19.0. The van der Waals surface area contributed by atoms with Gasteiger partial charge in [0.15, 0.2) is 23.3 Å². The Morgan fingerprint density at radius 3 is 1.15 bits per heavy atom. The minimum atomic E-state index is -0.0844. The van der Waals surface area contributed by atoms with Crippen LogP contribution in [0.5, 0.6) is 0 Å². The van der Waals surface area contributed by atoms with Gasteiger partial charge in [0.05, 0.1) is 0 Å². The van der Waals surface area contributed by atoms with Gasteiger partial charge in [0, 0.05) is 39.0 Å². The molecule has 1 fully saturated rings. The van der Waals surface area contributed by atoms with Crippen molar-refractivity contribution in [2.45, 2.75) is 51.4 Å². The lowest BCUT2D eigenvalue weighted by Gasteiger charge is -2.39. The van der Waals surface area contributed by atoms with Crippen LogP contribution in [-0.4, -0.2) is 29.5 Å². The Balaban J connectivity index is 1.12. The van der Waals surface area contributed by atoms with Crippen LogP contribution in [0.1, 0.15) is 54.4 Å². The van der Waals surface area contributed by atoms with E-state index < -0.39 is 0 Å². The highest BCUT2D eigenvalue weighted by molar-refractivity contribution is 5.69. The van der Waals surface area contributed by atoms with E-state index in [0.29, 0.717) is 0 Å². The fourth-order valence-corrected chi connectivity index (χ4v) is 8.31. The summed E-state index contributed by atoms with van der Waals surface area (Å²) in [5.74, 6) is 3.33. The van der Waals surface area contributed by atoms with Crippen LogP contribution in [0.3, 0.4) is 0 Å². The fourth-order valence-electron chi connectivity index (χ4n) is 8.31. The van der Waals surface area contributed by atoms with E-state index in [4.69, 9.17) is 20.4 Å². The first-order chi connectivity index (χ1) is 26.6. The second-order valence-corrected chi connectivity index (χ2v) is 14.6. The Labute approximate surface area is 316 Å². The molecular weight excluding hydrogens is 661 g/mol. The number of hydrogen-bond donors (Lipinski definition) is 0. The third-order valence-corrected chi connectivity index (χ3v) is 11.0. The van der Waals surface area contributed by atoms with Crippen molar-refractivity contribution in [3.8, 4) is 56.9 Å². The van der Waals surface area contributed by atoms with Crippen molar-refractivity contribution in [1.82, 2.24) is 29.5 Å². The van der Waals surface area contributed by atoms with Gasteiger partial charge in [-0.3, -0.25) is 9.13 Å². The SMILES string of the molecule is Cc1cccc(-c2nnc(-c3ccccc3)n2-c2ccc(C3(c4ccc(-n5c(-c6ccccc6)nnc5-c5cccc(C)c5)cc4)CCCCC3)cc2)c1. The van der Waals surface area contributed by atoms with E-state index >= 15 is 0 Å². The molecule has 2 aromatic heterocycles. The Morgan fingerprint density at radius 1 is 0.389 bits per heavy atom. The smallest absolute Gasteiger partial charge is 0.168 e. The average Bonchev–Trinajstić information content (AvgIpc) is 3.88. The van der Waals surface area contributed by atoms with Crippen molar-refractivity contribution in [3.05, 3.63) is 180 Å². The molecule has 0 radical (unpaired) electrons. The number of benzene rings is 6. The van der Waals surface area contributed by atoms with Crippen molar-refractivity contribution in [1.29, 1.82) is 0 Å². The van der Waals surface area contributed by atoms with Gasteiger partial charge in [-0.25, -0.2) is 0 Å². The van der Waals surface area contributed by atoms with E-state index in [1.54, 1.807) is 0 Å². The second-order valence-electron chi connectivity index (χ2n) is 14.6. The van der Waals surface area contributed by atoms with Gasteiger partial charge in [0.25, 0.3) is 0 Å². The van der Waals surface area contributed by atoms with Crippen LogP contribution in [-0.2, 0) is 5.41 Å². The van der Waals surface area contributed by atoms with Crippen molar-refractivity contribution in [2.75, 3.05) is 0 Å². The molecule has 6 aromatic carbocycles. The highest BCUT2D eigenvalue weighted by Crippen LogP contribution is 2.46. The van der Waals surface area contributed by atoms with Gasteiger partial charge in [-0.1, -0.05) is 152 Å². The van der Waals surface area contributed by atoms with Gasteiger partial charge in [-0.15, -0.1) is 20.4 Å². The first kappa shape index (κ1) is 33.4. The molecule has 1 aliphatic carbocycles. The molecular formula is C48H42N6. The number of hydrogen-bond acceptors (Lipinski definition) is 4. The molecule has 1 saturated carbocycles. The van der Waals surface area contributed by atoms with Gasteiger partial charge in [-0.2, -0.15) is 0 Å². The number of rotatable bonds is 8. The largest absolute Gasteiger partial charge is 0.275 e. The Kier molecular flexibility index (Phi) is 8.79. The highest BCUT2D eigenvalue weighted by atomic mass is 15.3. The normalized spacial score (nSPS) is 13.9. The molecule has 8 aromatic rings. The number of nitrogens with zero attached hydrogens (tertiary/aromatic N) is 6. The molecule has 0 aliphatic heterocycles. The quantitative estimate of drug-likeness (QED) is 0.158. The van der Waals surface area contributed by atoms with Crippen LogP contribution >= 0.6 is 0 Å². The maximum Gasteiger partial charge on any atom is 0.168 e. The lowest BCUT2D eigenvalue weighted by atomic mass is 9.65. The average molecular weight is 703 g/mol. The van der Waals surface area contributed by atoms with Gasteiger partial charge >= 0.3 is 0 Å². The molecule has 0 saturated heterocycles. The summed E-state index contributed by atoms with van der Waals surface area (Å²) in [5, 5.41) is 18.9. The molecule has 1 aliphatic rings. The molecule has 54 heavy (non-hydrogen) atoms. The third-order valence-electron chi connectivity index (χ3n) is 11.0. The molecule has 2 heterocycles. The highest BCUT2D eigenvalue weighted by Gasteiger charge is 2.36. The summed E-state index contributed by atoms with van der Waals surface area (Å²) in [7, 11) is 0. The van der Waals surface area contributed by atoms with Crippen molar-refractivity contribution >= 4 is 0 Å². The summed E-state index contributed by atoms with van der Waals surface area (Å²) in [5.41, 5.74) is 11.2. The Morgan fingerprint density at radius 2 is 0.759 bits per heavy atom. The third kappa shape index (κ3) is 6.13. The zero-order valence-corrected chi connectivity index (χ0v) is 30.7. The van der Waals surface area contributed by atoms with Crippen LogP contribution in [0.4, 0.5) is 0 Å². The molecule has 0 bridgehead atoms. The second kappa shape index (κ2) is 14.2. The van der Waals surface area contributed by atoms with Crippen molar-refractivity contribution < 1.29 is 0 Å². The van der Waals surface area contributed by atoms with Crippen LogP contribution in [0, 0.1) is 13.8 Å². The fraction of sp³-hybridized carbons (Fsp3) is 0.167. The Bertz CT molecular complexity index is 2350. The van der Waals surface area contributed by atoms with Crippen LogP contribution in [0.25, 0.3) is 56.9 Å². The molecule has 6 heteroatoms. The van der Waals surface area contributed by atoms with E-state index in [1.165, 1.54) is 41.5 Å². The van der Waals surface area contributed by atoms with Crippen LogP contribution in [0.15, 0.2) is 158 Å². The predicted octanol–water partition coefficient (Wildman–Crippen LogP) is 11.4. The monoisotopic (exact) mass is 702 g/mol. The first-order valence-corrected chi connectivity index (χ1v) is 19.0. The summed E-state index contributed by atoms with van der Waals surface area (Å²) < 4.78 is 4.40. The van der Waals surface area contributed by atoms with Gasteiger partial charge in [0.1, 0.15) is 0 Å². The van der Waals surface area contributed by atoms with E-state index in [2.05, 4.69) is 169 Å². The molecule has 0 unspecified atom stereocenters. The van der Waals surface area contributed by atoms with Crippen molar-refractivity contribution in [2.24, 2.45) is 0 Å². The minimum Gasteiger partial charge on any atom is -0.275 e. The molecule has 0 N–H and O–H groups in total. The van der Waals surface area contributed by atoms with E-state index in [1.807, 2.05) is 12.1 Å². The molecule has 0 spiro atoms. The summed E-state index contributed by atoms with van der Waals surface area (Å²) >= 11 is 0. The maximum atomic E-state index is 4.74. The van der Waals surface area contributed by atoms with Gasteiger partial charge < -0.3 is 0 Å². The Hall–Kier alpha value is -6.40. The van der Waals surface area contributed by atoms with Gasteiger partial charge in [0.2, 0.25) is 0 Å². The number of aryl methyl sites for hydroxylation is 2. The topological polar surface area (TPSA) is 61.4 Å². The standard InChI is InChI=1S/C48H42N6/c1-34-14-12-20-38(32-34)46-51-49-44(36-16-6-3-7-17-36)53(46)42-26-22-40(23-27-42)48(30-10-5-11-31-48)41-24-28-43(29-25-41)54-45(37-18-8-4-9-19-37)50-52-47(54)39-21-13-15-35(2)33-39/h3-4,6-9,12-29,32-33H,5,10-11,30-31H2,1-2H3. The van der Waals surface area contributed by atoms with Crippen LogP contribution in [0.2, 0.25) is 0 Å². The minimum absolute atomic E-state index is 0.0844.